The van der Waals surface area contributed by atoms with Crippen LogP contribution in [0.2, 0.25) is 0 Å². The van der Waals surface area contributed by atoms with Gasteiger partial charge in [0.1, 0.15) is 0 Å². The molecule has 0 bridgehead atoms. The average Bonchev–Trinajstić information content (AvgIpc) is 2.81. The molecule has 0 radical (unpaired) electrons. The lowest BCUT2D eigenvalue weighted by molar-refractivity contribution is -0.212. The Morgan fingerprint density at radius 2 is 1.54 bits per heavy atom. The Hall–Kier alpha value is -2.04. The van der Waals surface area contributed by atoms with E-state index in [2.05, 4.69) is 34.6 Å². The highest BCUT2D eigenvalue weighted by Gasteiger charge is 2.69. The van der Waals surface area contributed by atoms with Crippen LogP contribution in [0.15, 0.2) is 6.07 Å². The van der Waals surface area contributed by atoms with Gasteiger partial charge in [-0.05, 0) is 104 Å². The van der Waals surface area contributed by atoms with Crippen molar-refractivity contribution in [2.45, 2.75) is 98.3 Å². The van der Waals surface area contributed by atoms with Crippen LogP contribution in [0.4, 0.5) is 0 Å². The number of benzene rings is 1. The maximum absolute atomic E-state index is 13.6. The molecule has 35 heavy (non-hydrogen) atoms. The number of aromatic hydroxyl groups is 2. The topological polar surface area (TPSA) is 83.8 Å². The second-order valence-electron chi connectivity index (χ2n) is 13.7. The van der Waals surface area contributed by atoms with Crippen molar-refractivity contribution in [2.24, 2.45) is 33.5 Å². The molecule has 5 nitrogen and oxygen atoms in total. The Labute approximate surface area is 209 Å². The van der Waals surface area contributed by atoms with Crippen molar-refractivity contribution in [1.29, 1.82) is 0 Å². The number of ketones is 1. The van der Waals surface area contributed by atoms with Crippen molar-refractivity contribution in [3.05, 3.63) is 22.8 Å². The van der Waals surface area contributed by atoms with E-state index in [4.69, 9.17) is 4.74 Å². The number of rotatable bonds is 1. The molecule has 4 aliphatic carbocycles. The standard InChI is InChI=1S/C30H42O5/c1-17-23-18(14-20(32)24(17)33)28(4)11-13-30(6)22-16-27(3,25(34)35-7)9-8-26(22,2)10-12-29(30,5)21(28)15-19(23)31/h14,21-22,32-33H,8-13,15-16H2,1-7H3. The molecule has 5 rings (SSSR count). The summed E-state index contributed by atoms with van der Waals surface area (Å²) in [6, 6.07) is 1.66. The first-order chi connectivity index (χ1) is 16.2. The lowest BCUT2D eigenvalue weighted by Crippen LogP contribution is -2.66. The van der Waals surface area contributed by atoms with E-state index in [-0.39, 0.29) is 50.8 Å². The molecule has 0 heterocycles. The number of phenols is 2. The number of carbonyl (C=O) groups excluding carboxylic acids is 2. The zero-order valence-electron chi connectivity index (χ0n) is 22.5. The normalized spacial score (nSPS) is 44.5. The maximum atomic E-state index is 13.6. The van der Waals surface area contributed by atoms with Gasteiger partial charge in [0.05, 0.1) is 12.5 Å². The van der Waals surface area contributed by atoms with Crippen LogP contribution in [-0.2, 0) is 14.9 Å². The minimum absolute atomic E-state index is 0.00826. The van der Waals surface area contributed by atoms with Gasteiger partial charge in [-0.15, -0.1) is 0 Å². The predicted octanol–water partition coefficient (Wildman–Crippen LogP) is 6.45. The van der Waals surface area contributed by atoms with Gasteiger partial charge >= 0.3 is 5.97 Å². The highest BCUT2D eigenvalue weighted by molar-refractivity contribution is 6.02. The number of Topliss-reactive ketones (excluding diaryl/α,β-unsaturated/α-hetero) is 1. The molecule has 5 heteroatoms. The van der Waals surface area contributed by atoms with E-state index in [9.17, 15) is 19.8 Å². The molecule has 0 spiro atoms. The third kappa shape index (κ3) is 2.93. The van der Waals surface area contributed by atoms with Crippen LogP contribution >= 0.6 is 0 Å². The maximum Gasteiger partial charge on any atom is 0.311 e. The molecule has 1 aromatic rings. The van der Waals surface area contributed by atoms with Gasteiger partial charge in [0.15, 0.2) is 17.3 Å². The fourth-order valence-corrected chi connectivity index (χ4v) is 9.58. The van der Waals surface area contributed by atoms with Gasteiger partial charge < -0.3 is 14.9 Å². The number of ether oxygens (including phenoxy) is 1. The van der Waals surface area contributed by atoms with E-state index < -0.39 is 5.41 Å². The highest BCUT2D eigenvalue weighted by Crippen LogP contribution is 2.75. The first-order valence-corrected chi connectivity index (χ1v) is 13.3. The second-order valence-corrected chi connectivity index (χ2v) is 13.7. The average molecular weight is 483 g/mol. The van der Waals surface area contributed by atoms with E-state index in [0.717, 1.165) is 50.5 Å². The molecule has 0 amide bonds. The predicted molar refractivity (Wildman–Crippen MR) is 135 cm³/mol. The van der Waals surface area contributed by atoms with E-state index in [0.29, 0.717) is 23.5 Å². The fraction of sp³-hybridized carbons (Fsp3) is 0.733. The van der Waals surface area contributed by atoms with Crippen molar-refractivity contribution < 1.29 is 24.5 Å². The number of fused-ring (bicyclic) bond motifs is 7. The summed E-state index contributed by atoms with van der Waals surface area (Å²) in [5.74, 6) is 0.201. The molecule has 7 unspecified atom stereocenters. The van der Waals surface area contributed by atoms with Crippen molar-refractivity contribution in [2.75, 3.05) is 7.11 Å². The van der Waals surface area contributed by atoms with Crippen molar-refractivity contribution in [3.63, 3.8) is 0 Å². The zero-order chi connectivity index (χ0) is 25.8. The fourth-order valence-electron chi connectivity index (χ4n) is 9.58. The second kappa shape index (κ2) is 7.26. The third-order valence-corrected chi connectivity index (χ3v) is 12.2. The van der Waals surface area contributed by atoms with Crippen LogP contribution in [0.3, 0.4) is 0 Å². The van der Waals surface area contributed by atoms with Gasteiger partial charge in [0, 0.05) is 17.5 Å². The van der Waals surface area contributed by atoms with Gasteiger partial charge in [0.2, 0.25) is 0 Å². The van der Waals surface area contributed by atoms with E-state index in [1.54, 1.807) is 13.0 Å². The van der Waals surface area contributed by atoms with Crippen molar-refractivity contribution >= 4 is 11.8 Å². The summed E-state index contributed by atoms with van der Waals surface area (Å²) in [5, 5.41) is 20.9. The Balaban J connectivity index is 1.63. The van der Waals surface area contributed by atoms with Crippen LogP contribution in [0, 0.1) is 40.4 Å². The monoisotopic (exact) mass is 482 g/mol. The molecule has 0 saturated heterocycles. The summed E-state index contributed by atoms with van der Waals surface area (Å²) in [6.07, 6.45) is 7.32. The minimum Gasteiger partial charge on any atom is -0.504 e. The summed E-state index contributed by atoms with van der Waals surface area (Å²) in [5.41, 5.74) is 1.42. The molecule has 0 aromatic heterocycles. The van der Waals surface area contributed by atoms with Crippen molar-refractivity contribution in [1.82, 2.24) is 0 Å². The van der Waals surface area contributed by atoms with Crippen LogP contribution < -0.4 is 0 Å². The summed E-state index contributed by atoms with van der Waals surface area (Å²) in [4.78, 5) is 26.5. The van der Waals surface area contributed by atoms with Crippen LogP contribution in [0.1, 0.15) is 107 Å². The summed E-state index contributed by atoms with van der Waals surface area (Å²) < 4.78 is 5.26. The summed E-state index contributed by atoms with van der Waals surface area (Å²) >= 11 is 0. The van der Waals surface area contributed by atoms with E-state index >= 15 is 0 Å². The Morgan fingerprint density at radius 1 is 0.943 bits per heavy atom. The molecule has 0 aliphatic heterocycles. The largest absolute Gasteiger partial charge is 0.504 e. The Morgan fingerprint density at radius 3 is 2.20 bits per heavy atom. The van der Waals surface area contributed by atoms with Crippen LogP contribution in [0.5, 0.6) is 11.5 Å². The lowest BCUT2D eigenvalue weighted by Gasteiger charge is -2.71. The summed E-state index contributed by atoms with van der Waals surface area (Å²) in [7, 11) is 1.50. The molecule has 3 saturated carbocycles. The molecule has 1 aromatic carbocycles. The SMILES string of the molecule is COC(=O)C1(C)CCC2(C)CCC3(C)C4CC(=O)c5c(cc(O)c(O)c5C)C4(C)CCC3(C)C2C1. The Kier molecular flexibility index (Phi) is 5.11. The highest BCUT2D eigenvalue weighted by atomic mass is 16.5. The number of methoxy groups -OCH3 is 1. The van der Waals surface area contributed by atoms with Crippen LogP contribution in [-0.4, -0.2) is 29.1 Å². The van der Waals surface area contributed by atoms with E-state index in [1.807, 2.05) is 0 Å². The van der Waals surface area contributed by atoms with Gasteiger partial charge in [-0.3, -0.25) is 9.59 Å². The molecule has 4 aliphatic rings. The first kappa shape index (κ1) is 24.6. The van der Waals surface area contributed by atoms with Gasteiger partial charge in [-0.2, -0.15) is 0 Å². The Bertz CT molecular complexity index is 1120. The van der Waals surface area contributed by atoms with Crippen LogP contribution in [0.25, 0.3) is 0 Å². The third-order valence-electron chi connectivity index (χ3n) is 12.2. The van der Waals surface area contributed by atoms with Gasteiger partial charge in [-0.1, -0.05) is 27.7 Å². The summed E-state index contributed by atoms with van der Waals surface area (Å²) in [6.45, 7) is 13.4. The quantitative estimate of drug-likeness (QED) is 0.355. The van der Waals surface area contributed by atoms with Gasteiger partial charge in [-0.25, -0.2) is 0 Å². The smallest absolute Gasteiger partial charge is 0.311 e. The minimum atomic E-state index is -0.462. The lowest BCUT2D eigenvalue weighted by atomic mass is 9.32. The number of hydrogen-bond donors (Lipinski definition) is 2. The van der Waals surface area contributed by atoms with Crippen molar-refractivity contribution in [3.8, 4) is 11.5 Å². The molecular formula is C30H42O5. The van der Waals surface area contributed by atoms with E-state index in [1.165, 1.54) is 7.11 Å². The number of hydrogen-bond acceptors (Lipinski definition) is 5. The number of phenolic OH excluding ortho intramolecular Hbond substituents is 2. The molecule has 2 N–H and O–H groups in total. The molecule has 7 atom stereocenters. The van der Waals surface area contributed by atoms with Gasteiger partial charge in [0.25, 0.3) is 0 Å². The molecule has 192 valence electrons. The first-order valence-electron chi connectivity index (χ1n) is 13.3. The zero-order valence-corrected chi connectivity index (χ0v) is 22.5. The molecule has 3 fully saturated rings. The number of esters is 1. The molecular weight excluding hydrogens is 440 g/mol. The number of carbonyl (C=O) groups is 2.